The van der Waals surface area contributed by atoms with Crippen LogP contribution >= 0.6 is 0 Å². The van der Waals surface area contributed by atoms with Gasteiger partial charge < -0.3 is 9.84 Å². The molecule has 0 unspecified atom stereocenters. The molecule has 1 N–H and O–H groups in total. The topological polar surface area (TPSA) is 68.0 Å². The van der Waals surface area contributed by atoms with Crippen LogP contribution < -0.4 is 5.32 Å². The van der Waals surface area contributed by atoms with Crippen LogP contribution in [0.25, 0.3) is 11.1 Å². The minimum Gasteiger partial charge on any atom is -0.349 e. The third-order valence-electron chi connectivity index (χ3n) is 4.74. The van der Waals surface area contributed by atoms with Gasteiger partial charge in [0, 0.05) is 11.7 Å². The molecule has 1 fully saturated rings. The van der Waals surface area contributed by atoms with Crippen molar-refractivity contribution >= 4 is 17.0 Å². The number of aryl methyl sites for hydroxylation is 2. The number of amides is 1. The monoisotopic (exact) mass is 285 g/mol. The third kappa shape index (κ3) is 2.03. The molecule has 2 aliphatic carbocycles. The molecule has 21 heavy (non-hydrogen) atoms. The van der Waals surface area contributed by atoms with Crippen LogP contribution in [-0.2, 0) is 12.8 Å². The van der Waals surface area contributed by atoms with Crippen molar-refractivity contribution in [1.29, 1.82) is 0 Å². The van der Waals surface area contributed by atoms with E-state index in [0.29, 0.717) is 11.8 Å². The van der Waals surface area contributed by atoms with Gasteiger partial charge in [-0.05, 0) is 44.6 Å². The molecule has 0 radical (unpaired) electrons. The normalized spacial score (nSPS) is 18.3. The van der Waals surface area contributed by atoms with Crippen LogP contribution in [0, 0.1) is 6.92 Å². The summed E-state index contributed by atoms with van der Waals surface area (Å²) in [4.78, 5) is 17.4. The average Bonchev–Trinajstić information content (AvgIpc) is 3.18. The fourth-order valence-electron chi connectivity index (χ4n) is 3.69. The van der Waals surface area contributed by atoms with E-state index < -0.39 is 0 Å². The maximum Gasteiger partial charge on any atom is 0.259 e. The van der Waals surface area contributed by atoms with Gasteiger partial charge in [0.25, 0.3) is 11.6 Å². The van der Waals surface area contributed by atoms with E-state index in [1.807, 2.05) is 6.92 Å². The smallest absolute Gasteiger partial charge is 0.259 e. The lowest BCUT2D eigenvalue weighted by Gasteiger charge is -2.14. The molecule has 0 aromatic carbocycles. The zero-order valence-electron chi connectivity index (χ0n) is 12.2. The predicted octanol–water partition coefficient (Wildman–Crippen LogP) is 2.69. The van der Waals surface area contributed by atoms with Crippen molar-refractivity contribution in [2.75, 3.05) is 0 Å². The van der Waals surface area contributed by atoms with Gasteiger partial charge in [0.2, 0.25) is 0 Å². The Labute approximate surface area is 123 Å². The van der Waals surface area contributed by atoms with Gasteiger partial charge in [-0.2, -0.15) is 0 Å². The molecular formula is C16H19N3O2. The molecule has 0 saturated heterocycles. The van der Waals surface area contributed by atoms with Crippen molar-refractivity contribution < 1.29 is 9.32 Å². The summed E-state index contributed by atoms with van der Waals surface area (Å²) in [5.74, 6) is 0.0266. The summed E-state index contributed by atoms with van der Waals surface area (Å²) in [6.45, 7) is 1.88. The van der Waals surface area contributed by atoms with Crippen LogP contribution in [0.5, 0.6) is 0 Å². The van der Waals surface area contributed by atoms with Crippen LogP contribution in [0.3, 0.4) is 0 Å². The van der Waals surface area contributed by atoms with E-state index >= 15 is 0 Å². The highest BCUT2D eigenvalue weighted by Crippen LogP contribution is 2.32. The largest absolute Gasteiger partial charge is 0.349 e. The van der Waals surface area contributed by atoms with Gasteiger partial charge in [-0.3, -0.25) is 4.79 Å². The number of nitrogens with zero attached hydrogens (tertiary/aromatic N) is 2. The summed E-state index contributed by atoms with van der Waals surface area (Å²) in [5, 5.41) is 7.99. The molecule has 110 valence electrons. The molecule has 1 saturated carbocycles. The van der Waals surface area contributed by atoms with Gasteiger partial charge in [0.1, 0.15) is 0 Å². The summed E-state index contributed by atoms with van der Waals surface area (Å²) in [7, 11) is 0. The van der Waals surface area contributed by atoms with Crippen molar-refractivity contribution in [1.82, 2.24) is 15.5 Å². The third-order valence-corrected chi connectivity index (χ3v) is 4.74. The lowest BCUT2D eigenvalue weighted by Crippen LogP contribution is -2.33. The highest BCUT2D eigenvalue weighted by Gasteiger charge is 2.28. The van der Waals surface area contributed by atoms with Gasteiger partial charge in [0.15, 0.2) is 0 Å². The van der Waals surface area contributed by atoms with Gasteiger partial charge in [-0.1, -0.05) is 18.0 Å². The lowest BCUT2D eigenvalue weighted by atomic mass is 10.0. The Bertz CT molecular complexity index is 714. The van der Waals surface area contributed by atoms with E-state index in [-0.39, 0.29) is 5.91 Å². The Morgan fingerprint density at radius 1 is 1.24 bits per heavy atom. The molecule has 5 nitrogen and oxygen atoms in total. The van der Waals surface area contributed by atoms with Gasteiger partial charge >= 0.3 is 0 Å². The SMILES string of the molecule is Cc1noc2nc3c(c(C(=O)NC4CCCC4)c12)CCC3. The van der Waals surface area contributed by atoms with E-state index in [9.17, 15) is 4.79 Å². The van der Waals surface area contributed by atoms with Crippen molar-refractivity contribution in [2.24, 2.45) is 0 Å². The molecule has 0 spiro atoms. The summed E-state index contributed by atoms with van der Waals surface area (Å²) < 4.78 is 5.29. The van der Waals surface area contributed by atoms with Crippen molar-refractivity contribution in [3.8, 4) is 0 Å². The average molecular weight is 285 g/mol. The Morgan fingerprint density at radius 3 is 2.86 bits per heavy atom. The predicted molar refractivity (Wildman–Crippen MR) is 78.3 cm³/mol. The number of nitrogens with one attached hydrogen (secondary N) is 1. The first-order chi connectivity index (χ1) is 10.2. The Balaban J connectivity index is 1.81. The van der Waals surface area contributed by atoms with Crippen LogP contribution in [0.1, 0.15) is 59.4 Å². The van der Waals surface area contributed by atoms with Gasteiger partial charge in [0.05, 0.1) is 16.6 Å². The molecular weight excluding hydrogens is 266 g/mol. The minimum absolute atomic E-state index is 0.0266. The lowest BCUT2D eigenvalue weighted by molar-refractivity contribution is 0.0938. The van der Waals surface area contributed by atoms with E-state index in [4.69, 9.17) is 4.52 Å². The number of fused-ring (bicyclic) bond motifs is 2. The fraction of sp³-hybridized carbons (Fsp3) is 0.562. The number of carbonyl (C=O) groups is 1. The molecule has 4 rings (SSSR count). The molecule has 5 heteroatoms. The summed E-state index contributed by atoms with van der Waals surface area (Å²) >= 11 is 0. The minimum atomic E-state index is 0.0266. The molecule has 2 aliphatic rings. The molecule has 0 atom stereocenters. The number of hydrogen-bond donors (Lipinski definition) is 1. The first-order valence-electron chi connectivity index (χ1n) is 7.82. The second kappa shape index (κ2) is 4.83. The van der Waals surface area contributed by atoms with Crippen LogP contribution in [0.15, 0.2) is 4.52 Å². The molecule has 2 heterocycles. The van der Waals surface area contributed by atoms with E-state index in [1.165, 1.54) is 12.8 Å². The number of pyridine rings is 1. The van der Waals surface area contributed by atoms with Crippen LogP contribution in [-0.4, -0.2) is 22.1 Å². The zero-order valence-corrected chi connectivity index (χ0v) is 12.2. The molecule has 0 bridgehead atoms. The molecule has 0 aliphatic heterocycles. The highest BCUT2D eigenvalue weighted by molar-refractivity contribution is 6.07. The van der Waals surface area contributed by atoms with E-state index in [2.05, 4.69) is 15.5 Å². The number of aromatic nitrogens is 2. The van der Waals surface area contributed by atoms with Crippen LogP contribution in [0.2, 0.25) is 0 Å². The molecule has 1 amide bonds. The second-order valence-electron chi connectivity index (χ2n) is 6.17. The first-order valence-corrected chi connectivity index (χ1v) is 7.82. The Kier molecular flexibility index (Phi) is 2.94. The zero-order chi connectivity index (χ0) is 14.4. The fourth-order valence-corrected chi connectivity index (χ4v) is 3.69. The van der Waals surface area contributed by atoms with E-state index in [1.54, 1.807) is 0 Å². The van der Waals surface area contributed by atoms with Gasteiger partial charge in [-0.15, -0.1) is 0 Å². The summed E-state index contributed by atoms with van der Waals surface area (Å²) in [5.41, 5.74) is 4.13. The van der Waals surface area contributed by atoms with Crippen molar-refractivity contribution in [2.45, 2.75) is 57.9 Å². The van der Waals surface area contributed by atoms with E-state index in [0.717, 1.165) is 60.0 Å². The Hall–Kier alpha value is -1.91. The van der Waals surface area contributed by atoms with Crippen molar-refractivity contribution in [3.63, 3.8) is 0 Å². The van der Waals surface area contributed by atoms with Crippen molar-refractivity contribution in [3.05, 3.63) is 22.5 Å². The van der Waals surface area contributed by atoms with Gasteiger partial charge in [-0.25, -0.2) is 4.98 Å². The maximum absolute atomic E-state index is 12.8. The number of hydrogen-bond acceptors (Lipinski definition) is 4. The second-order valence-corrected chi connectivity index (χ2v) is 6.17. The standard InChI is InChI=1S/C16H19N3O2/c1-9-13-14(15(20)17-10-5-2-3-6-10)11-7-4-8-12(11)18-16(13)21-19-9/h10H,2-8H2,1H3,(H,17,20). The number of rotatable bonds is 2. The summed E-state index contributed by atoms with van der Waals surface area (Å²) in [6, 6.07) is 0.318. The summed E-state index contributed by atoms with van der Waals surface area (Å²) in [6.07, 6.45) is 7.51. The van der Waals surface area contributed by atoms with Crippen LogP contribution in [0.4, 0.5) is 0 Å². The maximum atomic E-state index is 12.8. The quantitative estimate of drug-likeness (QED) is 0.921. The molecule has 2 aromatic rings. The number of carbonyl (C=O) groups excluding carboxylic acids is 1. The molecule has 2 aromatic heterocycles. The first kappa shape index (κ1) is 12.8. The highest BCUT2D eigenvalue weighted by atomic mass is 16.5. The Morgan fingerprint density at radius 2 is 2.05 bits per heavy atom.